The van der Waals surface area contributed by atoms with Gasteiger partial charge in [0, 0.05) is 41.8 Å². The predicted octanol–water partition coefficient (Wildman–Crippen LogP) is -1.19. The molecule has 2 atom stereocenters. The van der Waals surface area contributed by atoms with E-state index in [1.165, 1.54) is 12.5 Å². The van der Waals surface area contributed by atoms with Crippen LogP contribution in [0.1, 0.15) is 11.3 Å². The molecular formula is C21H25N7O5. The average Bonchev–Trinajstić information content (AvgIpc) is 3.46. The summed E-state index contributed by atoms with van der Waals surface area (Å²) in [7, 11) is 0. The number of carboxylic acids is 1. The van der Waals surface area contributed by atoms with E-state index < -0.39 is 42.3 Å². The van der Waals surface area contributed by atoms with Crippen molar-refractivity contribution in [1.82, 2.24) is 30.9 Å². The Morgan fingerprint density at radius 2 is 1.79 bits per heavy atom. The maximum absolute atomic E-state index is 12.8. The highest BCUT2D eigenvalue weighted by molar-refractivity contribution is 5.93. The Hall–Kier alpha value is -4.19. The molecule has 33 heavy (non-hydrogen) atoms. The van der Waals surface area contributed by atoms with Crippen LogP contribution in [0, 0.1) is 0 Å². The predicted molar refractivity (Wildman–Crippen MR) is 118 cm³/mol. The molecule has 0 aliphatic carbocycles. The highest BCUT2D eigenvalue weighted by Gasteiger charge is 2.24. The number of rotatable bonds is 11. The van der Waals surface area contributed by atoms with Crippen molar-refractivity contribution >= 4 is 34.6 Å². The second kappa shape index (κ2) is 10.9. The average molecular weight is 455 g/mol. The molecule has 8 N–H and O–H groups in total. The molecule has 3 rings (SSSR count). The highest BCUT2D eigenvalue weighted by atomic mass is 16.4. The zero-order valence-electron chi connectivity index (χ0n) is 17.6. The van der Waals surface area contributed by atoms with Gasteiger partial charge < -0.3 is 36.8 Å². The van der Waals surface area contributed by atoms with Crippen LogP contribution in [0.5, 0.6) is 0 Å². The normalized spacial score (nSPS) is 12.6. The second-order valence-electron chi connectivity index (χ2n) is 7.34. The van der Waals surface area contributed by atoms with Gasteiger partial charge in [-0.25, -0.2) is 9.78 Å². The lowest BCUT2D eigenvalue weighted by Crippen LogP contribution is -2.52. The van der Waals surface area contributed by atoms with Crippen molar-refractivity contribution in [2.45, 2.75) is 24.9 Å². The van der Waals surface area contributed by atoms with Crippen LogP contribution in [0.3, 0.4) is 0 Å². The van der Waals surface area contributed by atoms with E-state index in [2.05, 4.69) is 30.9 Å². The summed E-state index contributed by atoms with van der Waals surface area (Å²) in [6.45, 7) is -0.763. The van der Waals surface area contributed by atoms with Crippen molar-refractivity contribution in [1.29, 1.82) is 0 Å². The number of nitrogens with two attached hydrogens (primary N) is 1. The molecule has 0 aliphatic rings. The minimum absolute atomic E-state index is 0.00473. The summed E-state index contributed by atoms with van der Waals surface area (Å²) < 4.78 is 0. The first-order valence-corrected chi connectivity index (χ1v) is 10.2. The molecule has 0 spiro atoms. The number of carboxylic acid groups (broad SMARTS) is 1. The van der Waals surface area contributed by atoms with Gasteiger partial charge in [-0.2, -0.15) is 0 Å². The number of benzene rings is 1. The van der Waals surface area contributed by atoms with Crippen molar-refractivity contribution in [3.05, 3.63) is 54.2 Å². The molecule has 3 amide bonds. The van der Waals surface area contributed by atoms with Crippen LogP contribution in [0.25, 0.3) is 10.9 Å². The molecule has 0 fully saturated rings. The fourth-order valence-corrected chi connectivity index (χ4v) is 3.34. The molecular weight excluding hydrogens is 430 g/mol. The monoisotopic (exact) mass is 455 g/mol. The number of aliphatic carboxylic acids is 1. The Labute approximate surface area is 188 Å². The Balaban J connectivity index is 1.61. The lowest BCUT2D eigenvalue weighted by molar-refractivity contribution is -0.141. The third kappa shape index (κ3) is 6.40. The number of fused-ring (bicyclic) bond motifs is 1. The number of carbonyl (C=O) groups excluding carboxylic acids is 3. The van der Waals surface area contributed by atoms with E-state index in [9.17, 15) is 24.3 Å². The summed E-state index contributed by atoms with van der Waals surface area (Å²) >= 11 is 0. The van der Waals surface area contributed by atoms with E-state index in [4.69, 9.17) is 5.73 Å². The van der Waals surface area contributed by atoms with Crippen LogP contribution in [-0.4, -0.2) is 68.9 Å². The molecule has 174 valence electrons. The maximum Gasteiger partial charge on any atom is 0.326 e. The van der Waals surface area contributed by atoms with Gasteiger partial charge in [0.25, 0.3) is 0 Å². The van der Waals surface area contributed by atoms with E-state index in [-0.39, 0.29) is 19.4 Å². The minimum atomic E-state index is -1.23. The summed E-state index contributed by atoms with van der Waals surface area (Å²) in [5.41, 5.74) is 7.59. The summed E-state index contributed by atoms with van der Waals surface area (Å²) in [6, 6.07) is 5.33. The van der Waals surface area contributed by atoms with Gasteiger partial charge in [0.15, 0.2) is 0 Å². The number of imidazole rings is 1. The fourth-order valence-electron chi connectivity index (χ4n) is 3.34. The molecule has 0 saturated carbocycles. The molecule has 2 aromatic heterocycles. The largest absolute Gasteiger partial charge is 0.480 e. The molecule has 2 heterocycles. The van der Waals surface area contributed by atoms with Gasteiger partial charge in [0.05, 0.1) is 19.4 Å². The SMILES string of the molecule is NCC(=O)NC(Cc1c[nH]c2ccccc12)C(=O)NCC(=O)NC(Cc1cnc[nH]1)C(=O)O. The van der Waals surface area contributed by atoms with Gasteiger partial charge in [-0.1, -0.05) is 18.2 Å². The molecule has 12 heteroatoms. The Bertz CT molecular complexity index is 1130. The molecule has 0 radical (unpaired) electrons. The molecule has 3 aromatic rings. The minimum Gasteiger partial charge on any atom is -0.480 e. The fraction of sp³-hybridized carbons (Fsp3) is 0.286. The molecule has 0 saturated heterocycles. The number of para-hydroxylation sites is 1. The van der Waals surface area contributed by atoms with Gasteiger partial charge in [0.1, 0.15) is 12.1 Å². The van der Waals surface area contributed by atoms with E-state index in [1.54, 1.807) is 6.20 Å². The van der Waals surface area contributed by atoms with E-state index in [0.717, 1.165) is 16.5 Å². The van der Waals surface area contributed by atoms with Crippen LogP contribution in [0.2, 0.25) is 0 Å². The molecule has 1 aromatic carbocycles. The van der Waals surface area contributed by atoms with Crippen LogP contribution in [-0.2, 0) is 32.0 Å². The number of aromatic amines is 2. The van der Waals surface area contributed by atoms with Crippen LogP contribution >= 0.6 is 0 Å². The van der Waals surface area contributed by atoms with Gasteiger partial charge in [-0.15, -0.1) is 0 Å². The number of hydrogen-bond acceptors (Lipinski definition) is 6. The molecule has 2 unspecified atom stereocenters. The van der Waals surface area contributed by atoms with E-state index in [1.807, 2.05) is 24.3 Å². The van der Waals surface area contributed by atoms with Gasteiger partial charge >= 0.3 is 5.97 Å². The first-order chi connectivity index (χ1) is 15.9. The number of nitrogens with zero attached hydrogens (tertiary/aromatic N) is 1. The smallest absolute Gasteiger partial charge is 0.326 e. The zero-order valence-corrected chi connectivity index (χ0v) is 17.6. The number of amides is 3. The zero-order chi connectivity index (χ0) is 23.8. The third-order valence-electron chi connectivity index (χ3n) is 4.97. The summed E-state index contributed by atoms with van der Waals surface area (Å²) in [5, 5.41) is 17.6. The number of aromatic nitrogens is 3. The number of carbonyl (C=O) groups is 4. The van der Waals surface area contributed by atoms with E-state index >= 15 is 0 Å². The van der Waals surface area contributed by atoms with E-state index in [0.29, 0.717) is 5.69 Å². The number of nitrogens with one attached hydrogen (secondary N) is 5. The Kier molecular flexibility index (Phi) is 7.76. The molecule has 0 aliphatic heterocycles. The number of hydrogen-bond donors (Lipinski definition) is 7. The molecule has 0 bridgehead atoms. The van der Waals surface area contributed by atoms with Gasteiger partial charge in [0.2, 0.25) is 17.7 Å². The van der Waals surface area contributed by atoms with Crippen LogP contribution < -0.4 is 21.7 Å². The lowest BCUT2D eigenvalue weighted by Gasteiger charge is -2.19. The van der Waals surface area contributed by atoms with Crippen molar-refractivity contribution in [3.8, 4) is 0 Å². The lowest BCUT2D eigenvalue weighted by atomic mass is 10.0. The van der Waals surface area contributed by atoms with Crippen molar-refractivity contribution in [2.75, 3.05) is 13.1 Å². The summed E-state index contributed by atoms with van der Waals surface area (Å²) in [6.07, 6.45) is 4.78. The summed E-state index contributed by atoms with van der Waals surface area (Å²) in [5.74, 6) is -3.04. The topological polar surface area (TPSA) is 195 Å². The standard InChI is InChI=1S/C21H25N7O5/c22-7-18(29)27-16(5-12-8-24-15-4-2-1-3-14(12)15)20(31)25-10-19(30)28-17(21(32)33)6-13-9-23-11-26-13/h1-4,8-9,11,16-17,24H,5-7,10,22H2,(H,23,26)(H,25,31)(H,27,29)(H,28,30)(H,32,33). The third-order valence-corrected chi connectivity index (χ3v) is 4.97. The second-order valence-corrected chi connectivity index (χ2v) is 7.34. The van der Waals surface area contributed by atoms with Crippen molar-refractivity contribution < 1.29 is 24.3 Å². The Morgan fingerprint density at radius 3 is 2.48 bits per heavy atom. The van der Waals surface area contributed by atoms with Crippen LogP contribution in [0.4, 0.5) is 0 Å². The first kappa shape index (κ1) is 23.5. The highest BCUT2D eigenvalue weighted by Crippen LogP contribution is 2.19. The Morgan fingerprint density at radius 1 is 1.03 bits per heavy atom. The first-order valence-electron chi connectivity index (χ1n) is 10.2. The van der Waals surface area contributed by atoms with Crippen molar-refractivity contribution in [2.24, 2.45) is 5.73 Å². The summed E-state index contributed by atoms with van der Waals surface area (Å²) in [4.78, 5) is 58.0. The maximum atomic E-state index is 12.8. The quantitative estimate of drug-likeness (QED) is 0.189. The molecule has 12 nitrogen and oxygen atoms in total. The van der Waals surface area contributed by atoms with Crippen LogP contribution in [0.15, 0.2) is 43.0 Å². The van der Waals surface area contributed by atoms with Gasteiger partial charge in [-0.05, 0) is 11.6 Å². The van der Waals surface area contributed by atoms with Gasteiger partial charge in [-0.3, -0.25) is 14.4 Å². The van der Waals surface area contributed by atoms with Crippen molar-refractivity contribution in [3.63, 3.8) is 0 Å². The number of H-pyrrole nitrogens is 2.